The molecule has 0 aliphatic heterocycles. The van der Waals surface area contributed by atoms with Crippen molar-refractivity contribution in [1.82, 2.24) is 4.57 Å². The molecule has 0 N–H and O–H groups in total. The minimum atomic E-state index is 0.750. The summed E-state index contributed by atoms with van der Waals surface area (Å²) in [4.78, 5) is 0. The van der Waals surface area contributed by atoms with Gasteiger partial charge < -0.3 is 4.57 Å². The van der Waals surface area contributed by atoms with E-state index in [1.807, 2.05) is 24.3 Å². The molecular formula is C22H16ClN. The lowest BCUT2D eigenvalue weighted by atomic mass is 10.1. The number of rotatable bonds is 3. The number of benzene rings is 3. The van der Waals surface area contributed by atoms with Crippen LogP contribution < -0.4 is 0 Å². The van der Waals surface area contributed by atoms with Crippen molar-refractivity contribution in [1.29, 1.82) is 0 Å². The molecule has 24 heavy (non-hydrogen) atoms. The van der Waals surface area contributed by atoms with Crippen molar-refractivity contribution in [2.75, 3.05) is 0 Å². The van der Waals surface area contributed by atoms with Crippen LogP contribution in [0.4, 0.5) is 0 Å². The molecule has 1 heterocycles. The largest absolute Gasteiger partial charge is 0.309 e. The summed E-state index contributed by atoms with van der Waals surface area (Å²) in [6.07, 6.45) is 0. The monoisotopic (exact) mass is 329 g/mol. The Hall–Kier alpha value is -2.77. The maximum absolute atomic E-state index is 6.05. The molecule has 2 heteroatoms. The third kappa shape index (κ3) is 2.75. The Kier molecular flexibility index (Phi) is 3.94. The number of aromatic nitrogens is 1. The second kappa shape index (κ2) is 6.38. The van der Waals surface area contributed by atoms with E-state index >= 15 is 0 Å². The summed E-state index contributed by atoms with van der Waals surface area (Å²) in [6, 6.07) is 33.2. The molecule has 0 aliphatic carbocycles. The average molecular weight is 330 g/mol. The highest BCUT2D eigenvalue weighted by Gasteiger charge is 2.13. The molecule has 0 saturated carbocycles. The van der Waals surface area contributed by atoms with Crippen LogP contribution >= 0.6 is 11.6 Å². The number of halogens is 1. The van der Waals surface area contributed by atoms with Crippen molar-refractivity contribution in [3.8, 4) is 28.2 Å². The van der Waals surface area contributed by atoms with Gasteiger partial charge in [-0.1, -0.05) is 72.3 Å². The second-order valence-corrected chi connectivity index (χ2v) is 6.08. The van der Waals surface area contributed by atoms with Crippen molar-refractivity contribution in [3.05, 3.63) is 102 Å². The maximum atomic E-state index is 6.05. The molecule has 0 spiro atoms. The van der Waals surface area contributed by atoms with Crippen molar-refractivity contribution in [2.45, 2.75) is 0 Å². The van der Waals surface area contributed by atoms with Gasteiger partial charge in [0, 0.05) is 10.7 Å². The smallest absolute Gasteiger partial charge is 0.0535 e. The first-order chi connectivity index (χ1) is 11.8. The van der Waals surface area contributed by atoms with Gasteiger partial charge in [-0.05, 0) is 47.5 Å². The van der Waals surface area contributed by atoms with E-state index in [2.05, 4.69) is 77.4 Å². The van der Waals surface area contributed by atoms with E-state index in [0.717, 1.165) is 22.0 Å². The van der Waals surface area contributed by atoms with Crippen LogP contribution in [0, 0.1) is 0 Å². The van der Waals surface area contributed by atoms with Crippen LogP contribution in [0.2, 0.25) is 5.02 Å². The van der Waals surface area contributed by atoms with Crippen molar-refractivity contribution in [3.63, 3.8) is 0 Å². The number of nitrogens with zero attached hydrogens (tertiary/aromatic N) is 1. The summed E-state index contributed by atoms with van der Waals surface area (Å²) in [5.74, 6) is 0. The first-order valence-electron chi connectivity index (χ1n) is 7.91. The molecule has 116 valence electrons. The van der Waals surface area contributed by atoms with Gasteiger partial charge in [-0.15, -0.1) is 0 Å². The zero-order chi connectivity index (χ0) is 16.4. The van der Waals surface area contributed by atoms with Gasteiger partial charge >= 0.3 is 0 Å². The zero-order valence-electron chi connectivity index (χ0n) is 13.1. The Labute approximate surface area is 146 Å². The van der Waals surface area contributed by atoms with Crippen LogP contribution in [0.15, 0.2) is 97.1 Å². The zero-order valence-corrected chi connectivity index (χ0v) is 13.8. The molecule has 0 atom stereocenters. The molecule has 4 rings (SSSR count). The Morgan fingerprint density at radius 2 is 1.00 bits per heavy atom. The molecule has 0 amide bonds. The lowest BCUT2D eigenvalue weighted by molar-refractivity contribution is 1.09. The number of hydrogen-bond acceptors (Lipinski definition) is 0. The summed E-state index contributed by atoms with van der Waals surface area (Å²) >= 11 is 6.05. The van der Waals surface area contributed by atoms with Crippen LogP contribution in [0.3, 0.4) is 0 Å². The second-order valence-electron chi connectivity index (χ2n) is 5.65. The lowest BCUT2D eigenvalue weighted by Gasteiger charge is -2.14. The van der Waals surface area contributed by atoms with Crippen molar-refractivity contribution < 1.29 is 0 Å². The van der Waals surface area contributed by atoms with E-state index in [-0.39, 0.29) is 0 Å². The van der Waals surface area contributed by atoms with Gasteiger partial charge in [0.1, 0.15) is 0 Å². The van der Waals surface area contributed by atoms with Gasteiger partial charge in [0.25, 0.3) is 0 Å². The molecule has 0 saturated heterocycles. The molecular weight excluding hydrogens is 314 g/mol. The van der Waals surface area contributed by atoms with E-state index in [4.69, 9.17) is 11.6 Å². The average Bonchev–Trinajstić information content (AvgIpc) is 3.09. The molecule has 1 nitrogen and oxygen atoms in total. The van der Waals surface area contributed by atoms with Gasteiger partial charge in [-0.25, -0.2) is 0 Å². The number of hydrogen-bond donors (Lipinski definition) is 0. The van der Waals surface area contributed by atoms with E-state index in [0.29, 0.717) is 0 Å². The van der Waals surface area contributed by atoms with E-state index in [1.165, 1.54) is 11.3 Å². The SMILES string of the molecule is Clc1ccc(-c2ccc(-c3ccccc3)n2-c2ccccc2)cc1. The van der Waals surface area contributed by atoms with Gasteiger partial charge in [-0.3, -0.25) is 0 Å². The fourth-order valence-electron chi connectivity index (χ4n) is 2.97. The summed E-state index contributed by atoms with van der Waals surface area (Å²) in [5, 5.41) is 0.750. The minimum Gasteiger partial charge on any atom is -0.309 e. The summed E-state index contributed by atoms with van der Waals surface area (Å²) in [5.41, 5.74) is 5.81. The predicted octanol–water partition coefficient (Wildman–Crippen LogP) is 6.46. The van der Waals surface area contributed by atoms with Crippen molar-refractivity contribution >= 4 is 11.6 Å². The topological polar surface area (TPSA) is 4.93 Å². The van der Waals surface area contributed by atoms with E-state index in [1.54, 1.807) is 0 Å². The Bertz CT molecular complexity index is 938. The molecule has 0 unspecified atom stereocenters. The molecule has 0 radical (unpaired) electrons. The molecule has 0 fully saturated rings. The maximum Gasteiger partial charge on any atom is 0.0535 e. The summed E-state index contributed by atoms with van der Waals surface area (Å²) in [7, 11) is 0. The van der Waals surface area contributed by atoms with Gasteiger partial charge in [0.15, 0.2) is 0 Å². The van der Waals surface area contributed by atoms with Crippen LogP contribution in [0.1, 0.15) is 0 Å². The third-order valence-electron chi connectivity index (χ3n) is 4.10. The highest BCUT2D eigenvalue weighted by Crippen LogP contribution is 2.32. The Morgan fingerprint density at radius 3 is 1.58 bits per heavy atom. The summed E-state index contributed by atoms with van der Waals surface area (Å²) in [6.45, 7) is 0. The minimum absolute atomic E-state index is 0.750. The molecule has 0 bridgehead atoms. The predicted molar refractivity (Wildman–Crippen MR) is 102 cm³/mol. The van der Waals surface area contributed by atoms with Crippen molar-refractivity contribution in [2.24, 2.45) is 0 Å². The Morgan fingerprint density at radius 1 is 0.500 bits per heavy atom. The lowest BCUT2D eigenvalue weighted by Crippen LogP contribution is -1.99. The third-order valence-corrected chi connectivity index (χ3v) is 4.36. The van der Waals surface area contributed by atoms with Crippen LogP contribution in [-0.2, 0) is 0 Å². The van der Waals surface area contributed by atoms with Crippen LogP contribution in [0.5, 0.6) is 0 Å². The number of para-hydroxylation sites is 1. The fraction of sp³-hybridized carbons (Fsp3) is 0. The quantitative estimate of drug-likeness (QED) is 0.406. The molecule has 0 aliphatic rings. The molecule has 1 aromatic heterocycles. The Balaban J connectivity index is 1.95. The van der Waals surface area contributed by atoms with Crippen LogP contribution in [0.25, 0.3) is 28.2 Å². The van der Waals surface area contributed by atoms with E-state index < -0.39 is 0 Å². The highest BCUT2D eigenvalue weighted by molar-refractivity contribution is 6.30. The van der Waals surface area contributed by atoms with E-state index in [9.17, 15) is 0 Å². The van der Waals surface area contributed by atoms with Gasteiger partial charge in [0.2, 0.25) is 0 Å². The summed E-state index contributed by atoms with van der Waals surface area (Å²) < 4.78 is 2.29. The standard InChI is InChI=1S/C22H16ClN/c23-19-13-11-18(12-14-19)22-16-15-21(17-7-3-1-4-8-17)24(22)20-9-5-2-6-10-20/h1-16H. The first kappa shape index (κ1) is 14.8. The normalized spacial score (nSPS) is 10.7. The molecule has 4 aromatic rings. The first-order valence-corrected chi connectivity index (χ1v) is 8.29. The van der Waals surface area contributed by atoms with Gasteiger partial charge in [0.05, 0.1) is 11.4 Å². The highest BCUT2D eigenvalue weighted by atomic mass is 35.5. The van der Waals surface area contributed by atoms with Gasteiger partial charge in [-0.2, -0.15) is 0 Å². The van der Waals surface area contributed by atoms with Crippen LogP contribution in [-0.4, -0.2) is 4.57 Å². The molecule has 3 aromatic carbocycles. The fourth-order valence-corrected chi connectivity index (χ4v) is 3.10.